The Bertz CT molecular complexity index is 610. The zero-order chi connectivity index (χ0) is 14.5. The molecule has 0 spiro atoms. The van der Waals surface area contributed by atoms with Gasteiger partial charge in [0.2, 0.25) is 0 Å². The number of benzene rings is 1. The van der Waals surface area contributed by atoms with Crippen LogP contribution in [-0.2, 0) is 13.1 Å². The minimum atomic E-state index is -0.230. The zero-order valence-corrected chi connectivity index (χ0v) is 11.4. The van der Waals surface area contributed by atoms with Gasteiger partial charge >= 0.3 is 6.03 Å². The number of amides is 2. The molecule has 0 aliphatic carbocycles. The summed E-state index contributed by atoms with van der Waals surface area (Å²) in [6.45, 7) is 1.98. The average Bonchev–Trinajstić information content (AvgIpc) is 3.04. The van der Waals surface area contributed by atoms with Gasteiger partial charge in [-0.15, -0.1) is 0 Å². The topological polar surface area (TPSA) is 72.7 Å². The number of rotatable bonds is 4. The molecule has 1 aliphatic rings. The summed E-state index contributed by atoms with van der Waals surface area (Å²) in [5, 5.41) is 5.54. The first kappa shape index (κ1) is 13.4. The first-order valence-electron chi connectivity index (χ1n) is 6.72. The van der Waals surface area contributed by atoms with E-state index in [1.807, 2.05) is 18.2 Å². The van der Waals surface area contributed by atoms with E-state index >= 15 is 0 Å². The highest BCUT2D eigenvalue weighted by Gasteiger charge is 2.11. The normalized spacial score (nSPS) is 12.8. The summed E-state index contributed by atoms with van der Waals surface area (Å²) in [5.74, 6) is 1.47. The van der Waals surface area contributed by atoms with Crippen LogP contribution >= 0.6 is 0 Å². The largest absolute Gasteiger partial charge is 0.486 e. The molecule has 6 nitrogen and oxygen atoms in total. The van der Waals surface area contributed by atoms with Crippen LogP contribution in [0.3, 0.4) is 0 Å². The molecule has 0 radical (unpaired) electrons. The Morgan fingerprint density at radius 1 is 1.00 bits per heavy atom. The second kappa shape index (κ2) is 6.21. The maximum absolute atomic E-state index is 11.7. The van der Waals surface area contributed by atoms with E-state index in [0.29, 0.717) is 26.3 Å². The number of carbonyl (C=O) groups is 1. The molecule has 0 fully saturated rings. The summed E-state index contributed by atoms with van der Waals surface area (Å²) in [7, 11) is 0. The maximum Gasteiger partial charge on any atom is 0.315 e. The zero-order valence-electron chi connectivity index (χ0n) is 11.4. The minimum Gasteiger partial charge on any atom is -0.486 e. The molecule has 3 rings (SSSR count). The Labute approximate surface area is 122 Å². The summed E-state index contributed by atoms with van der Waals surface area (Å²) in [6, 6.07) is 7.22. The molecular weight excluding hydrogens is 272 g/mol. The number of hydrogen-bond acceptors (Lipinski definition) is 4. The van der Waals surface area contributed by atoms with Gasteiger partial charge in [0, 0.05) is 18.7 Å². The van der Waals surface area contributed by atoms with Crippen molar-refractivity contribution in [3.63, 3.8) is 0 Å². The first-order chi connectivity index (χ1) is 10.3. The van der Waals surface area contributed by atoms with Gasteiger partial charge in [-0.1, -0.05) is 6.07 Å². The van der Waals surface area contributed by atoms with Crippen LogP contribution in [0.15, 0.2) is 41.2 Å². The molecule has 2 heterocycles. The lowest BCUT2D eigenvalue weighted by molar-refractivity contribution is 0.171. The Balaban J connectivity index is 1.49. The number of urea groups is 1. The molecule has 2 amide bonds. The van der Waals surface area contributed by atoms with Crippen molar-refractivity contribution >= 4 is 6.03 Å². The fourth-order valence-corrected chi connectivity index (χ4v) is 2.02. The Morgan fingerprint density at radius 3 is 2.52 bits per heavy atom. The predicted molar refractivity (Wildman–Crippen MR) is 75.2 cm³/mol. The van der Waals surface area contributed by atoms with Crippen LogP contribution in [0.4, 0.5) is 4.79 Å². The van der Waals surface area contributed by atoms with Crippen LogP contribution < -0.4 is 20.1 Å². The van der Waals surface area contributed by atoms with Crippen LogP contribution in [-0.4, -0.2) is 19.2 Å². The molecule has 0 saturated carbocycles. The summed E-state index contributed by atoms with van der Waals surface area (Å²) < 4.78 is 15.9. The Hall–Kier alpha value is -2.63. The predicted octanol–water partition coefficient (Wildman–Crippen LogP) is 2.05. The third-order valence-electron chi connectivity index (χ3n) is 3.09. The molecule has 6 heteroatoms. The minimum absolute atomic E-state index is 0.230. The van der Waals surface area contributed by atoms with Crippen LogP contribution in [0.2, 0.25) is 0 Å². The van der Waals surface area contributed by atoms with Crippen LogP contribution in [0.1, 0.15) is 11.1 Å². The summed E-state index contributed by atoms with van der Waals surface area (Å²) >= 11 is 0. The molecular formula is C15H16N2O4. The van der Waals surface area contributed by atoms with Crippen molar-refractivity contribution < 1.29 is 18.7 Å². The van der Waals surface area contributed by atoms with Crippen molar-refractivity contribution in [3.05, 3.63) is 47.9 Å². The standard InChI is InChI=1S/C15H16N2O4/c18-15(17-9-12-3-4-19-10-12)16-8-11-1-2-13-14(7-11)21-6-5-20-13/h1-4,7,10H,5-6,8-9H2,(H2,16,17,18). The lowest BCUT2D eigenvalue weighted by Gasteiger charge is -2.19. The number of ether oxygens (including phenoxy) is 2. The molecule has 1 aromatic carbocycles. The van der Waals surface area contributed by atoms with E-state index in [1.54, 1.807) is 18.6 Å². The first-order valence-corrected chi connectivity index (χ1v) is 6.72. The molecule has 0 atom stereocenters. The van der Waals surface area contributed by atoms with Crippen LogP contribution in [0.5, 0.6) is 11.5 Å². The van der Waals surface area contributed by atoms with Crippen molar-refractivity contribution in [2.75, 3.05) is 13.2 Å². The van der Waals surface area contributed by atoms with Crippen LogP contribution in [0.25, 0.3) is 0 Å². The molecule has 1 aromatic heterocycles. The Kier molecular flexibility index (Phi) is 3.95. The smallest absolute Gasteiger partial charge is 0.315 e. The number of carbonyl (C=O) groups excluding carboxylic acids is 1. The molecule has 2 aromatic rings. The lowest BCUT2D eigenvalue weighted by Crippen LogP contribution is -2.34. The average molecular weight is 288 g/mol. The SMILES string of the molecule is O=C(NCc1ccoc1)NCc1ccc2c(c1)OCCO2. The summed E-state index contributed by atoms with van der Waals surface area (Å²) in [4.78, 5) is 11.7. The highest BCUT2D eigenvalue weighted by molar-refractivity contribution is 5.73. The van der Waals surface area contributed by atoms with E-state index in [4.69, 9.17) is 13.9 Å². The monoisotopic (exact) mass is 288 g/mol. The second-order valence-corrected chi connectivity index (χ2v) is 4.65. The van der Waals surface area contributed by atoms with Crippen molar-refractivity contribution in [2.24, 2.45) is 0 Å². The fourth-order valence-electron chi connectivity index (χ4n) is 2.02. The van der Waals surface area contributed by atoms with E-state index in [1.165, 1.54) is 0 Å². The third kappa shape index (κ3) is 3.47. The van der Waals surface area contributed by atoms with Crippen molar-refractivity contribution in [2.45, 2.75) is 13.1 Å². The fraction of sp³-hybridized carbons (Fsp3) is 0.267. The maximum atomic E-state index is 11.7. The van der Waals surface area contributed by atoms with E-state index in [9.17, 15) is 4.79 Å². The number of fused-ring (bicyclic) bond motifs is 1. The highest BCUT2D eigenvalue weighted by Crippen LogP contribution is 2.30. The summed E-state index contributed by atoms with van der Waals surface area (Å²) in [5.41, 5.74) is 1.88. The molecule has 110 valence electrons. The van der Waals surface area contributed by atoms with Gasteiger partial charge in [0.05, 0.1) is 12.5 Å². The van der Waals surface area contributed by atoms with Gasteiger partial charge in [-0.3, -0.25) is 0 Å². The molecule has 2 N–H and O–H groups in total. The van der Waals surface area contributed by atoms with Gasteiger partial charge in [0.15, 0.2) is 11.5 Å². The van der Waals surface area contributed by atoms with Gasteiger partial charge in [0.1, 0.15) is 13.2 Å². The van der Waals surface area contributed by atoms with Gasteiger partial charge in [0.25, 0.3) is 0 Å². The Morgan fingerprint density at radius 2 is 1.76 bits per heavy atom. The van der Waals surface area contributed by atoms with E-state index in [0.717, 1.165) is 22.6 Å². The van der Waals surface area contributed by atoms with Crippen molar-refractivity contribution in [1.82, 2.24) is 10.6 Å². The summed E-state index contributed by atoms with van der Waals surface area (Å²) in [6.07, 6.45) is 3.17. The lowest BCUT2D eigenvalue weighted by atomic mass is 10.2. The van der Waals surface area contributed by atoms with E-state index in [2.05, 4.69) is 10.6 Å². The molecule has 1 aliphatic heterocycles. The van der Waals surface area contributed by atoms with Gasteiger partial charge in [-0.25, -0.2) is 4.79 Å². The molecule has 0 unspecified atom stereocenters. The van der Waals surface area contributed by atoms with Crippen molar-refractivity contribution in [3.8, 4) is 11.5 Å². The highest BCUT2D eigenvalue weighted by atomic mass is 16.6. The van der Waals surface area contributed by atoms with Gasteiger partial charge < -0.3 is 24.5 Å². The molecule has 21 heavy (non-hydrogen) atoms. The van der Waals surface area contributed by atoms with Gasteiger partial charge in [-0.2, -0.15) is 0 Å². The second-order valence-electron chi connectivity index (χ2n) is 4.65. The van der Waals surface area contributed by atoms with Gasteiger partial charge in [-0.05, 0) is 23.8 Å². The van der Waals surface area contributed by atoms with Crippen LogP contribution in [0, 0.1) is 0 Å². The van der Waals surface area contributed by atoms with Crippen molar-refractivity contribution in [1.29, 1.82) is 0 Å². The van der Waals surface area contributed by atoms with E-state index < -0.39 is 0 Å². The third-order valence-corrected chi connectivity index (χ3v) is 3.09. The number of hydrogen-bond donors (Lipinski definition) is 2. The van der Waals surface area contributed by atoms with E-state index in [-0.39, 0.29) is 6.03 Å². The quantitative estimate of drug-likeness (QED) is 0.903. The molecule has 0 bridgehead atoms. The number of furan rings is 1. The number of nitrogens with one attached hydrogen (secondary N) is 2. The molecule has 0 saturated heterocycles.